The Balaban J connectivity index is 1.02. The van der Waals surface area contributed by atoms with Gasteiger partial charge in [0.05, 0.1) is 71.9 Å². The number of anilines is 2. The average molecular weight is 712 g/mol. The highest BCUT2D eigenvalue weighted by molar-refractivity contribution is 6.40. The summed E-state index contributed by atoms with van der Waals surface area (Å²) in [4.78, 5) is 34.3. The molecule has 258 valence electrons. The number of carbonyl (C=O) groups excluding carboxylic acids is 1. The number of carboxylic acid groups (broad SMARTS) is 1. The van der Waals surface area contributed by atoms with Crippen molar-refractivity contribution >= 4 is 46.5 Å². The molecule has 0 spiro atoms. The van der Waals surface area contributed by atoms with E-state index in [9.17, 15) is 14.7 Å². The highest BCUT2D eigenvalue weighted by Gasteiger charge is 2.40. The van der Waals surface area contributed by atoms with Gasteiger partial charge in [0, 0.05) is 54.1 Å². The summed E-state index contributed by atoms with van der Waals surface area (Å²) in [7, 11) is 0. The maximum atomic E-state index is 15.7. The lowest BCUT2D eigenvalue weighted by Gasteiger charge is -2.50. The standard InChI is InChI=1S/C36H37Cl2FN4O6/c1-20-16-47-8-7-42(20)25-14-40(15-25)24-9-29(37)33(30(38)10-24)35(44)41-13-21-3-2-4-26(34(21)49-19-41)27-12-32(28(36(45)46)11-31(27)39)43-22-5-6-23(43)18-48-17-22/h2-4,9-12,20,22-23,25H,5-8,13-19H2,1H3,(H,45,46)/t20-,22?,23?/m1/s1. The van der Waals surface area contributed by atoms with Crippen LogP contribution in [0, 0.1) is 5.82 Å². The van der Waals surface area contributed by atoms with E-state index < -0.39 is 11.8 Å². The maximum Gasteiger partial charge on any atom is 0.337 e. The van der Waals surface area contributed by atoms with E-state index in [4.69, 9.17) is 37.4 Å². The Labute approximate surface area is 293 Å². The van der Waals surface area contributed by atoms with Crippen LogP contribution in [-0.4, -0.2) is 104 Å². The molecule has 1 amide bonds. The largest absolute Gasteiger partial charge is 0.478 e. The summed E-state index contributed by atoms with van der Waals surface area (Å²) < 4.78 is 33.2. The van der Waals surface area contributed by atoms with Crippen molar-refractivity contribution in [2.75, 3.05) is 62.6 Å². The van der Waals surface area contributed by atoms with Crippen molar-refractivity contribution in [3.8, 4) is 16.9 Å². The minimum absolute atomic E-state index is 0.0325. The van der Waals surface area contributed by atoms with Crippen molar-refractivity contribution in [3.63, 3.8) is 0 Å². The van der Waals surface area contributed by atoms with Gasteiger partial charge in [0.15, 0.2) is 6.73 Å². The number of nitrogens with zero attached hydrogens (tertiary/aromatic N) is 4. The van der Waals surface area contributed by atoms with E-state index in [1.165, 1.54) is 4.90 Å². The summed E-state index contributed by atoms with van der Waals surface area (Å²) in [5.74, 6) is -1.78. The van der Waals surface area contributed by atoms with Crippen molar-refractivity contribution < 1.29 is 33.3 Å². The van der Waals surface area contributed by atoms with Gasteiger partial charge in [-0.05, 0) is 44.0 Å². The molecule has 2 unspecified atom stereocenters. The number of fused-ring (bicyclic) bond motifs is 3. The molecule has 49 heavy (non-hydrogen) atoms. The number of aromatic carboxylic acids is 1. The zero-order valence-corrected chi connectivity index (χ0v) is 28.6. The van der Waals surface area contributed by atoms with E-state index in [0.717, 1.165) is 57.4 Å². The molecule has 0 aliphatic carbocycles. The van der Waals surface area contributed by atoms with Crippen molar-refractivity contribution in [1.82, 2.24) is 9.80 Å². The fraction of sp³-hybridized carbons (Fsp3) is 0.444. The van der Waals surface area contributed by atoms with Gasteiger partial charge in [-0.25, -0.2) is 9.18 Å². The Morgan fingerprint density at radius 2 is 1.67 bits per heavy atom. The topological polar surface area (TPSA) is 95.0 Å². The first-order valence-corrected chi connectivity index (χ1v) is 17.5. The van der Waals surface area contributed by atoms with Crippen molar-refractivity contribution in [3.05, 3.63) is 75.0 Å². The summed E-state index contributed by atoms with van der Waals surface area (Å²) in [5, 5.41) is 10.5. The lowest BCUT2D eigenvalue weighted by atomic mass is 9.96. The second-order valence-electron chi connectivity index (χ2n) is 13.6. The van der Waals surface area contributed by atoms with E-state index in [1.807, 2.05) is 6.07 Å². The van der Waals surface area contributed by atoms with Gasteiger partial charge < -0.3 is 34.0 Å². The Morgan fingerprint density at radius 3 is 2.37 bits per heavy atom. The van der Waals surface area contributed by atoms with E-state index in [2.05, 4.69) is 21.6 Å². The number of para-hydroxylation sites is 1. The summed E-state index contributed by atoms with van der Waals surface area (Å²) in [6, 6.07) is 12.5. The fourth-order valence-electron chi connectivity index (χ4n) is 8.05. The molecule has 4 fully saturated rings. The molecule has 8 rings (SSSR count). The van der Waals surface area contributed by atoms with E-state index in [0.29, 0.717) is 47.9 Å². The van der Waals surface area contributed by atoms with Crippen LogP contribution in [0.2, 0.25) is 10.0 Å². The van der Waals surface area contributed by atoms with Crippen LogP contribution in [0.1, 0.15) is 46.0 Å². The molecule has 4 saturated heterocycles. The van der Waals surface area contributed by atoms with Gasteiger partial charge in [0.2, 0.25) is 0 Å². The number of hydrogen-bond donors (Lipinski definition) is 1. The quantitative estimate of drug-likeness (QED) is 0.342. The third kappa shape index (κ3) is 5.79. The lowest BCUT2D eigenvalue weighted by molar-refractivity contribution is -0.0274. The smallest absolute Gasteiger partial charge is 0.337 e. The van der Waals surface area contributed by atoms with Gasteiger partial charge in [-0.3, -0.25) is 9.69 Å². The molecule has 5 aliphatic heterocycles. The first-order chi connectivity index (χ1) is 23.7. The minimum Gasteiger partial charge on any atom is -0.478 e. The lowest BCUT2D eigenvalue weighted by Crippen LogP contribution is -2.63. The van der Waals surface area contributed by atoms with Crippen LogP contribution in [-0.2, 0) is 16.0 Å². The number of carboxylic acids is 1. The van der Waals surface area contributed by atoms with Gasteiger partial charge in [-0.2, -0.15) is 0 Å². The number of amides is 1. The zero-order valence-electron chi connectivity index (χ0n) is 27.0. The van der Waals surface area contributed by atoms with Crippen LogP contribution in [0.15, 0.2) is 42.5 Å². The monoisotopic (exact) mass is 710 g/mol. The van der Waals surface area contributed by atoms with Crippen LogP contribution in [0.3, 0.4) is 0 Å². The normalized spacial score (nSPS) is 24.0. The SMILES string of the molecule is C[C@@H]1COCCN1C1CN(c2cc(Cl)c(C(=O)N3COc4c(cccc4-c4cc(N5C6CCC5COC6)c(C(=O)O)cc4F)C3)c(Cl)c2)C1. The van der Waals surface area contributed by atoms with Crippen LogP contribution >= 0.6 is 23.2 Å². The second kappa shape index (κ2) is 12.9. The first-order valence-electron chi connectivity index (χ1n) is 16.7. The highest BCUT2D eigenvalue weighted by atomic mass is 35.5. The third-order valence-electron chi connectivity index (χ3n) is 10.6. The molecule has 5 aliphatic rings. The van der Waals surface area contributed by atoms with Crippen LogP contribution in [0.5, 0.6) is 5.75 Å². The van der Waals surface area contributed by atoms with Crippen LogP contribution in [0.25, 0.3) is 11.1 Å². The fourth-order valence-corrected chi connectivity index (χ4v) is 8.69. The number of halogens is 3. The van der Waals surface area contributed by atoms with E-state index in [-0.39, 0.29) is 58.0 Å². The van der Waals surface area contributed by atoms with Crippen LogP contribution < -0.4 is 14.5 Å². The molecule has 2 bridgehead atoms. The molecule has 10 nitrogen and oxygen atoms in total. The molecule has 3 aromatic rings. The zero-order chi connectivity index (χ0) is 34.0. The Morgan fingerprint density at radius 1 is 0.939 bits per heavy atom. The molecule has 3 atom stereocenters. The average Bonchev–Trinajstić information content (AvgIpc) is 3.30. The van der Waals surface area contributed by atoms with Crippen molar-refractivity contribution in [2.24, 2.45) is 0 Å². The molecule has 5 heterocycles. The molecule has 0 radical (unpaired) electrons. The first kappa shape index (κ1) is 32.6. The number of rotatable bonds is 6. The predicted octanol–water partition coefficient (Wildman–Crippen LogP) is 5.77. The molecule has 0 aromatic heterocycles. The third-order valence-corrected chi connectivity index (χ3v) is 11.2. The molecular formula is C36H37Cl2FN4O6. The van der Waals surface area contributed by atoms with Crippen molar-refractivity contribution in [2.45, 2.75) is 50.5 Å². The Bertz CT molecular complexity index is 1780. The number of carbonyl (C=O) groups is 2. The molecule has 13 heteroatoms. The van der Waals surface area contributed by atoms with E-state index in [1.54, 1.807) is 30.3 Å². The Hall–Kier alpha value is -3.61. The van der Waals surface area contributed by atoms with Gasteiger partial charge in [-0.1, -0.05) is 41.4 Å². The minimum atomic E-state index is -1.19. The molecule has 0 saturated carbocycles. The summed E-state index contributed by atoms with van der Waals surface area (Å²) >= 11 is 13.4. The highest BCUT2D eigenvalue weighted by Crippen LogP contribution is 2.43. The number of ether oxygens (including phenoxy) is 3. The second-order valence-corrected chi connectivity index (χ2v) is 14.4. The maximum absolute atomic E-state index is 15.7. The molecule has 1 N–H and O–H groups in total. The summed E-state index contributed by atoms with van der Waals surface area (Å²) in [6.07, 6.45) is 1.77. The van der Waals surface area contributed by atoms with E-state index >= 15 is 4.39 Å². The van der Waals surface area contributed by atoms with Gasteiger partial charge in [0.25, 0.3) is 5.91 Å². The van der Waals surface area contributed by atoms with Gasteiger partial charge in [-0.15, -0.1) is 0 Å². The predicted molar refractivity (Wildman–Crippen MR) is 184 cm³/mol. The molecule has 3 aromatic carbocycles. The number of benzene rings is 3. The molecular weight excluding hydrogens is 674 g/mol. The summed E-state index contributed by atoms with van der Waals surface area (Å²) in [6.45, 7) is 7.37. The van der Waals surface area contributed by atoms with Gasteiger partial charge >= 0.3 is 5.97 Å². The Kier molecular flexibility index (Phi) is 8.60. The summed E-state index contributed by atoms with van der Waals surface area (Å²) in [5.41, 5.74) is 2.87. The number of hydrogen-bond acceptors (Lipinski definition) is 8. The van der Waals surface area contributed by atoms with Crippen LogP contribution in [0.4, 0.5) is 15.8 Å². The number of morpholine rings is 2. The van der Waals surface area contributed by atoms with Gasteiger partial charge in [0.1, 0.15) is 11.6 Å². The van der Waals surface area contributed by atoms with Crippen molar-refractivity contribution in [1.29, 1.82) is 0 Å².